The van der Waals surface area contributed by atoms with Gasteiger partial charge in [0.2, 0.25) is 17.8 Å². The molecule has 2 aromatic heterocycles. The third kappa shape index (κ3) is 10.2. The van der Waals surface area contributed by atoms with Crippen LogP contribution in [0.25, 0.3) is 10.9 Å². The van der Waals surface area contributed by atoms with Crippen molar-refractivity contribution in [3.8, 4) is 11.5 Å². The predicted octanol–water partition coefficient (Wildman–Crippen LogP) is 5.36. The Morgan fingerprint density at radius 3 is 2.38 bits per heavy atom. The van der Waals surface area contributed by atoms with Crippen molar-refractivity contribution in [1.29, 1.82) is 0 Å². The molecule has 1 saturated carbocycles. The number of imide groups is 1. The quantitative estimate of drug-likeness (QED) is 0.133. The van der Waals surface area contributed by atoms with E-state index in [0.717, 1.165) is 85.3 Å². The Morgan fingerprint density at radius 1 is 0.954 bits per heavy atom. The molecule has 3 saturated heterocycles. The Bertz CT molecular complexity index is 2500. The van der Waals surface area contributed by atoms with Crippen LogP contribution in [0.1, 0.15) is 105 Å². The second-order valence-corrected chi connectivity index (χ2v) is 18.0. The van der Waals surface area contributed by atoms with Crippen molar-refractivity contribution in [3.05, 3.63) is 74.7 Å². The maximum absolute atomic E-state index is 13.1. The number of carbonyl (C=O) groups excluding carboxylic acids is 4. The predicted molar refractivity (Wildman–Crippen MR) is 246 cm³/mol. The van der Waals surface area contributed by atoms with Gasteiger partial charge in [0.25, 0.3) is 17.4 Å². The summed E-state index contributed by atoms with van der Waals surface area (Å²) < 4.78 is 19.0. The zero-order valence-corrected chi connectivity index (χ0v) is 38.2. The number of nitrogens with zero attached hydrogens (tertiary/aromatic N) is 5. The number of ether oxygens (including phenoxy) is 3. The van der Waals surface area contributed by atoms with Crippen molar-refractivity contribution in [2.75, 3.05) is 57.2 Å². The fourth-order valence-corrected chi connectivity index (χ4v) is 9.32. The van der Waals surface area contributed by atoms with E-state index in [0.29, 0.717) is 53.4 Å². The molecule has 65 heavy (non-hydrogen) atoms. The lowest BCUT2D eigenvalue weighted by molar-refractivity contribution is -0.137. The van der Waals surface area contributed by atoms with Gasteiger partial charge in [-0.3, -0.25) is 29.3 Å². The van der Waals surface area contributed by atoms with Crippen LogP contribution in [0.15, 0.2) is 47.4 Å². The second kappa shape index (κ2) is 20.2. The molecule has 1 unspecified atom stereocenters. The zero-order valence-electron chi connectivity index (χ0n) is 37.4. The van der Waals surface area contributed by atoms with Gasteiger partial charge in [0.15, 0.2) is 18.2 Å². The number of likely N-dealkylation sites (N-methyl/N-ethyl adjacent to an activating group) is 1. The first-order valence-corrected chi connectivity index (χ1v) is 23.1. The fourth-order valence-electron chi connectivity index (χ4n) is 9.18. The average molecular weight is 912 g/mol. The van der Waals surface area contributed by atoms with Gasteiger partial charge >= 0.3 is 0 Å². The summed E-state index contributed by atoms with van der Waals surface area (Å²) in [6.45, 7) is 7.65. The van der Waals surface area contributed by atoms with Gasteiger partial charge in [-0.2, -0.15) is 4.98 Å². The summed E-state index contributed by atoms with van der Waals surface area (Å²) in [4.78, 5) is 74.1. The average Bonchev–Trinajstić information content (AvgIpc) is 3.61. The first-order chi connectivity index (χ1) is 31.4. The van der Waals surface area contributed by atoms with Crippen LogP contribution in [0.3, 0.4) is 0 Å². The van der Waals surface area contributed by atoms with Crippen LogP contribution in [0, 0.1) is 0 Å². The molecular formula is C47H58ClN9O8. The molecule has 2 aromatic carbocycles. The summed E-state index contributed by atoms with van der Waals surface area (Å²) in [6, 6.07) is 10.5. The molecule has 4 aliphatic heterocycles. The number of carbonyl (C=O) groups is 4. The number of pyridine rings is 1. The number of rotatable bonds is 12. The minimum atomic E-state index is -0.582. The third-order valence-electron chi connectivity index (χ3n) is 13.0. The van der Waals surface area contributed by atoms with E-state index in [4.69, 9.17) is 30.8 Å². The molecule has 17 nitrogen and oxygen atoms in total. The van der Waals surface area contributed by atoms with Crippen molar-refractivity contribution < 1.29 is 33.4 Å². The highest BCUT2D eigenvalue weighted by atomic mass is 35.5. The number of hydrogen-bond donors (Lipinski definition) is 4. The molecule has 4 aromatic rings. The third-order valence-corrected chi connectivity index (χ3v) is 13.2. The zero-order chi connectivity index (χ0) is 45.8. The van der Waals surface area contributed by atoms with Gasteiger partial charge in [-0.15, -0.1) is 0 Å². The van der Waals surface area contributed by atoms with Crippen molar-refractivity contribution in [3.63, 3.8) is 0 Å². The van der Waals surface area contributed by atoms with Crippen molar-refractivity contribution in [2.45, 2.75) is 108 Å². The van der Waals surface area contributed by atoms with Gasteiger partial charge in [-0.05, 0) is 132 Å². The summed E-state index contributed by atoms with van der Waals surface area (Å²) in [6.07, 6.45) is 10.7. The van der Waals surface area contributed by atoms with E-state index in [1.807, 2.05) is 38.1 Å². The molecule has 1 atom stereocenters. The maximum Gasteiger partial charge on any atom is 0.293 e. The Morgan fingerprint density at radius 2 is 1.71 bits per heavy atom. The van der Waals surface area contributed by atoms with Crippen LogP contribution in [0.2, 0.25) is 5.02 Å². The molecule has 4 amide bonds. The molecule has 0 spiro atoms. The molecule has 346 valence electrons. The first kappa shape index (κ1) is 45.8. The summed E-state index contributed by atoms with van der Waals surface area (Å²) in [5.74, 6) is 1.27. The van der Waals surface area contributed by atoms with Crippen molar-refractivity contribution >= 4 is 63.6 Å². The normalized spacial score (nSPS) is 19.4. The SMILES string of the molecule is CNC(=O)COc1cc2cc(Nc3nc(N4CCC(OC5CCC5)CC4)ncc3Cl)ccc2n(C(C)C)c1=O.COc1cc2c(cc1C1CCNCC1)CN(C1CCC(=O)NC1=O)C2=O. The number of methoxy groups -OCH3 is 1. The van der Waals surface area contributed by atoms with E-state index in [-0.39, 0.29) is 54.0 Å². The maximum atomic E-state index is 13.1. The number of anilines is 3. The largest absolute Gasteiger partial charge is 0.496 e. The minimum absolute atomic E-state index is 0.107. The van der Waals surface area contributed by atoms with Crippen LogP contribution in [-0.2, 0) is 25.7 Å². The first-order valence-electron chi connectivity index (χ1n) is 22.7. The summed E-state index contributed by atoms with van der Waals surface area (Å²) in [5, 5.41) is 12.7. The van der Waals surface area contributed by atoms with Crippen LogP contribution in [0.4, 0.5) is 17.5 Å². The van der Waals surface area contributed by atoms with E-state index < -0.39 is 6.04 Å². The van der Waals surface area contributed by atoms with E-state index in [1.54, 1.807) is 28.8 Å². The lowest BCUT2D eigenvalue weighted by Crippen LogP contribution is -2.52. The number of hydrogen-bond acceptors (Lipinski definition) is 13. The highest BCUT2D eigenvalue weighted by Crippen LogP contribution is 2.39. The Labute approximate surface area is 382 Å². The van der Waals surface area contributed by atoms with E-state index in [2.05, 4.69) is 37.2 Å². The molecule has 1 aliphatic carbocycles. The van der Waals surface area contributed by atoms with Crippen LogP contribution >= 0.6 is 11.6 Å². The highest BCUT2D eigenvalue weighted by Gasteiger charge is 2.40. The lowest BCUT2D eigenvalue weighted by atomic mass is 9.87. The number of piperidine rings is 3. The second-order valence-electron chi connectivity index (χ2n) is 17.6. The summed E-state index contributed by atoms with van der Waals surface area (Å²) >= 11 is 6.47. The summed E-state index contributed by atoms with van der Waals surface area (Å²) in [7, 11) is 3.15. The van der Waals surface area contributed by atoms with Gasteiger partial charge in [0.1, 0.15) is 16.8 Å². The van der Waals surface area contributed by atoms with Crippen molar-refractivity contribution in [2.24, 2.45) is 0 Å². The fraction of sp³-hybridized carbons (Fsp3) is 0.511. The lowest BCUT2D eigenvalue weighted by Gasteiger charge is -2.36. The van der Waals surface area contributed by atoms with Crippen LogP contribution in [0.5, 0.6) is 11.5 Å². The Balaban J connectivity index is 0.000000192. The van der Waals surface area contributed by atoms with Gasteiger partial charge < -0.3 is 44.5 Å². The number of benzene rings is 2. The van der Waals surface area contributed by atoms with E-state index >= 15 is 0 Å². The Kier molecular flexibility index (Phi) is 14.2. The molecule has 4 N–H and O–H groups in total. The van der Waals surface area contributed by atoms with Gasteiger partial charge in [0.05, 0.1) is 31.0 Å². The molecule has 6 heterocycles. The van der Waals surface area contributed by atoms with Gasteiger partial charge in [-0.25, -0.2) is 4.98 Å². The van der Waals surface area contributed by atoms with Gasteiger partial charge in [-0.1, -0.05) is 11.6 Å². The number of aromatic nitrogens is 3. The van der Waals surface area contributed by atoms with E-state index in [9.17, 15) is 24.0 Å². The molecule has 0 bridgehead atoms. The standard InChI is InChI=1S/C28H35ClN6O4.C19H23N3O4/c1-17(2)35-23-8-7-19(13-18(23)14-24(27(35)37)38-16-25(36)30-3)32-26-22(29)15-31-28(33-26)34-11-9-21(10-12-34)39-20-5-4-6-20;1-26-16-9-14-12(8-13(16)11-4-6-20-7-5-11)10-22(19(14)25)15-2-3-17(23)21-18(15)24/h7-8,13-15,17,20-21H,4-6,9-12,16H2,1-3H3,(H,30,36)(H,31,32,33);8-9,11,15,20H,2-7,10H2,1H3,(H,21,23,24). The number of amides is 4. The van der Waals surface area contributed by atoms with Gasteiger partial charge in [0, 0.05) is 55.8 Å². The number of halogens is 1. The van der Waals surface area contributed by atoms with E-state index in [1.165, 1.54) is 26.3 Å². The molecule has 4 fully saturated rings. The minimum Gasteiger partial charge on any atom is -0.496 e. The smallest absolute Gasteiger partial charge is 0.293 e. The molecule has 0 radical (unpaired) electrons. The summed E-state index contributed by atoms with van der Waals surface area (Å²) in [5.41, 5.74) is 3.90. The van der Waals surface area contributed by atoms with Crippen LogP contribution < -0.4 is 41.2 Å². The monoisotopic (exact) mass is 911 g/mol. The van der Waals surface area contributed by atoms with Crippen LogP contribution in [-0.4, -0.2) is 108 Å². The Hall–Kier alpha value is -5.78. The molecule has 18 heteroatoms. The van der Waals surface area contributed by atoms with Crippen molar-refractivity contribution in [1.82, 2.24) is 35.4 Å². The molecule has 5 aliphatic rings. The topological polar surface area (TPSA) is 198 Å². The highest BCUT2D eigenvalue weighted by molar-refractivity contribution is 6.33. The molecular weight excluding hydrogens is 854 g/mol. The number of nitrogens with one attached hydrogen (secondary N) is 4. The number of fused-ring (bicyclic) bond motifs is 2. The molecule has 9 rings (SSSR count).